The average Bonchev–Trinajstić information content (AvgIpc) is 3.11. The van der Waals surface area contributed by atoms with Crippen LogP contribution in [0.4, 0.5) is 0 Å². The molecule has 1 aromatic carbocycles. The number of nitrogens with zero attached hydrogens (tertiary/aromatic N) is 4. The fourth-order valence-corrected chi connectivity index (χ4v) is 2.78. The third kappa shape index (κ3) is 2.67. The van der Waals surface area contributed by atoms with E-state index >= 15 is 0 Å². The van der Waals surface area contributed by atoms with E-state index in [4.69, 9.17) is 9.47 Å². The molecule has 0 radical (unpaired) electrons. The van der Waals surface area contributed by atoms with Gasteiger partial charge in [-0.3, -0.25) is 9.38 Å². The molecule has 0 saturated carbocycles. The van der Waals surface area contributed by atoms with Crippen molar-refractivity contribution in [3.63, 3.8) is 0 Å². The Morgan fingerprint density at radius 3 is 2.28 bits per heavy atom. The first-order chi connectivity index (χ1) is 12.3. The van der Waals surface area contributed by atoms with Crippen molar-refractivity contribution >= 4 is 5.65 Å². The standard InChI is InChI=1S/C19H16N4O2/c1-24-16-5-3-14(11-17(16)25-2)15-4-6-18-21-22-19(23(18)12-15)13-7-9-20-10-8-13/h3-12H,1-2H3. The first-order valence-corrected chi connectivity index (χ1v) is 7.78. The number of hydrogen-bond donors (Lipinski definition) is 0. The number of fused-ring (bicyclic) bond motifs is 1. The van der Waals surface area contributed by atoms with E-state index in [1.165, 1.54) is 0 Å². The van der Waals surface area contributed by atoms with E-state index in [9.17, 15) is 0 Å². The van der Waals surface area contributed by atoms with Gasteiger partial charge in [0.25, 0.3) is 0 Å². The smallest absolute Gasteiger partial charge is 0.168 e. The third-order valence-corrected chi connectivity index (χ3v) is 4.06. The van der Waals surface area contributed by atoms with Crippen LogP contribution >= 0.6 is 0 Å². The van der Waals surface area contributed by atoms with E-state index in [1.807, 2.05) is 53.1 Å². The van der Waals surface area contributed by atoms with Gasteiger partial charge in [-0.05, 0) is 47.5 Å². The van der Waals surface area contributed by atoms with Gasteiger partial charge in [0.2, 0.25) is 0 Å². The van der Waals surface area contributed by atoms with Crippen molar-refractivity contribution in [1.82, 2.24) is 19.6 Å². The predicted molar refractivity (Wildman–Crippen MR) is 94.8 cm³/mol. The highest BCUT2D eigenvalue weighted by atomic mass is 16.5. The maximum absolute atomic E-state index is 5.40. The highest BCUT2D eigenvalue weighted by Crippen LogP contribution is 2.32. The number of rotatable bonds is 4. The maximum Gasteiger partial charge on any atom is 0.168 e. The van der Waals surface area contributed by atoms with Crippen LogP contribution in [0.5, 0.6) is 11.5 Å². The highest BCUT2D eigenvalue weighted by Gasteiger charge is 2.11. The number of pyridine rings is 2. The second kappa shape index (κ2) is 6.24. The van der Waals surface area contributed by atoms with E-state index in [1.54, 1.807) is 26.6 Å². The van der Waals surface area contributed by atoms with Crippen LogP contribution < -0.4 is 9.47 Å². The molecule has 3 heterocycles. The lowest BCUT2D eigenvalue weighted by molar-refractivity contribution is 0.355. The second-order valence-corrected chi connectivity index (χ2v) is 5.48. The molecule has 6 nitrogen and oxygen atoms in total. The van der Waals surface area contributed by atoms with Crippen molar-refractivity contribution in [2.45, 2.75) is 0 Å². The lowest BCUT2D eigenvalue weighted by atomic mass is 10.1. The number of benzene rings is 1. The van der Waals surface area contributed by atoms with Crippen molar-refractivity contribution < 1.29 is 9.47 Å². The zero-order valence-corrected chi connectivity index (χ0v) is 13.9. The summed E-state index contributed by atoms with van der Waals surface area (Å²) in [7, 11) is 3.26. The lowest BCUT2D eigenvalue weighted by Crippen LogP contribution is -1.93. The van der Waals surface area contributed by atoms with Crippen LogP contribution in [0.25, 0.3) is 28.2 Å². The quantitative estimate of drug-likeness (QED) is 0.572. The molecule has 6 heteroatoms. The summed E-state index contributed by atoms with van der Waals surface area (Å²) >= 11 is 0. The molecule has 124 valence electrons. The van der Waals surface area contributed by atoms with Crippen LogP contribution in [0.1, 0.15) is 0 Å². The van der Waals surface area contributed by atoms with Crippen LogP contribution in [0, 0.1) is 0 Å². The monoisotopic (exact) mass is 332 g/mol. The van der Waals surface area contributed by atoms with Gasteiger partial charge in [-0.25, -0.2) is 0 Å². The summed E-state index contributed by atoms with van der Waals surface area (Å²) in [6, 6.07) is 13.6. The largest absolute Gasteiger partial charge is 0.493 e. The average molecular weight is 332 g/mol. The number of aromatic nitrogens is 4. The Balaban J connectivity index is 1.84. The Labute approximate surface area is 144 Å². The van der Waals surface area contributed by atoms with Gasteiger partial charge in [0, 0.05) is 24.2 Å². The summed E-state index contributed by atoms with van der Waals surface area (Å²) in [4.78, 5) is 4.05. The Hall–Kier alpha value is -3.41. The van der Waals surface area contributed by atoms with Gasteiger partial charge >= 0.3 is 0 Å². The summed E-state index contributed by atoms with van der Waals surface area (Å²) in [5.74, 6) is 2.17. The van der Waals surface area contributed by atoms with Crippen molar-refractivity contribution in [2.75, 3.05) is 14.2 Å². The number of ether oxygens (including phenoxy) is 2. The molecule has 0 amide bonds. The topological polar surface area (TPSA) is 61.5 Å². The molecule has 0 unspecified atom stereocenters. The number of hydrogen-bond acceptors (Lipinski definition) is 5. The van der Waals surface area contributed by atoms with E-state index in [0.717, 1.165) is 28.2 Å². The van der Waals surface area contributed by atoms with Gasteiger partial charge in [-0.15, -0.1) is 10.2 Å². The van der Waals surface area contributed by atoms with Crippen LogP contribution in [0.3, 0.4) is 0 Å². The Morgan fingerprint density at radius 2 is 1.52 bits per heavy atom. The molecule has 0 saturated heterocycles. The van der Waals surface area contributed by atoms with Crippen LogP contribution in [-0.4, -0.2) is 33.8 Å². The van der Waals surface area contributed by atoms with Crippen LogP contribution in [-0.2, 0) is 0 Å². The van der Waals surface area contributed by atoms with Gasteiger partial charge in [0.1, 0.15) is 0 Å². The normalized spacial score (nSPS) is 10.8. The summed E-state index contributed by atoms with van der Waals surface area (Å²) in [5, 5.41) is 8.54. The fraction of sp³-hybridized carbons (Fsp3) is 0.105. The molecule has 4 aromatic rings. The molecule has 0 fully saturated rings. The van der Waals surface area contributed by atoms with Gasteiger partial charge in [0.15, 0.2) is 23.0 Å². The predicted octanol–water partition coefficient (Wildman–Crippen LogP) is 3.48. The fourth-order valence-electron chi connectivity index (χ4n) is 2.78. The molecular formula is C19H16N4O2. The molecule has 4 rings (SSSR count). The van der Waals surface area contributed by atoms with Crippen LogP contribution in [0.2, 0.25) is 0 Å². The molecular weight excluding hydrogens is 316 g/mol. The highest BCUT2D eigenvalue weighted by molar-refractivity contribution is 5.69. The molecule has 0 atom stereocenters. The minimum absolute atomic E-state index is 0.693. The van der Waals surface area contributed by atoms with Crippen molar-refractivity contribution in [3.8, 4) is 34.0 Å². The first kappa shape index (κ1) is 15.1. The molecule has 0 spiro atoms. The van der Waals surface area contributed by atoms with Gasteiger partial charge in [-0.1, -0.05) is 6.07 Å². The molecule has 0 aliphatic heterocycles. The summed E-state index contributed by atoms with van der Waals surface area (Å²) < 4.78 is 12.7. The zero-order chi connectivity index (χ0) is 17.2. The van der Waals surface area contributed by atoms with Crippen molar-refractivity contribution in [3.05, 3.63) is 61.1 Å². The molecule has 25 heavy (non-hydrogen) atoms. The molecule has 0 N–H and O–H groups in total. The Bertz CT molecular complexity index is 1030. The molecule has 0 bridgehead atoms. The lowest BCUT2D eigenvalue weighted by Gasteiger charge is -2.10. The molecule has 0 aliphatic rings. The summed E-state index contributed by atoms with van der Waals surface area (Å²) in [6.07, 6.45) is 5.51. The minimum atomic E-state index is 0.693. The minimum Gasteiger partial charge on any atom is -0.493 e. The van der Waals surface area contributed by atoms with Crippen LogP contribution in [0.15, 0.2) is 61.1 Å². The van der Waals surface area contributed by atoms with Gasteiger partial charge in [-0.2, -0.15) is 0 Å². The Morgan fingerprint density at radius 1 is 0.760 bits per heavy atom. The summed E-state index contributed by atoms with van der Waals surface area (Å²) in [5.41, 5.74) is 3.81. The van der Waals surface area contributed by atoms with E-state index in [2.05, 4.69) is 15.2 Å². The zero-order valence-electron chi connectivity index (χ0n) is 13.9. The van der Waals surface area contributed by atoms with Crippen molar-refractivity contribution in [1.29, 1.82) is 0 Å². The first-order valence-electron chi connectivity index (χ1n) is 7.78. The third-order valence-electron chi connectivity index (χ3n) is 4.06. The van der Waals surface area contributed by atoms with Gasteiger partial charge < -0.3 is 9.47 Å². The molecule has 3 aromatic heterocycles. The van der Waals surface area contributed by atoms with E-state index in [-0.39, 0.29) is 0 Å². The van der Waals surface area contributed by atoms with Crippen molar-refractivity contribution in [2.24, 2.45) is 0 Å². The molecule has 0 aliphatic carbocycles. The van der Waals surface area contributed by atoms with E-state index < -0.39 is 0 Å². The maximum atomic E-state index is 5.40. The summed E-state index contributed by atoms with van der Waals surface area (Å²) in [6.45, 7) is 0. The Kier molecular flexibility index (Phi) is 3.78. The van der Waals surface area contributed by atoms with E-state index in [0.29, 0.717) is 11.5 Å². The SMILES string of the molecule is COc1ccc(-c2ccc3nnc(-c4ccncc4)n3c2)cc1OC. The van der Waals surface area contributed by atoms with Gasteiger partial charge in [0.05, 0.1) is 14.2 Å². The number of methoxy groups -OCH3 is 2. The second-order valence-electron chi connectivity index (χ2n) is 5.48.